The molecular formula is C15H19NO2. The van der Waals surface area contributed by atoms with E-state index in [2.05, 4.69) is 12.1 Å². The van der Waals surface area contributed by atoms with Crippen LogP contribution in [0.2, 0.25) is 0 Å². The molecule has 1 aromatic carbocycles. The molecule has 3 heteroatoms. The van der Waals surface area contributed by atoms with Crippen molar-refractivity contribution in [2.24, 2.45) is 5.92 Å². The van der Waals surface area contributed by atoms with Gasteiger partial charge in [-0.05, 0) is 25.3 Å². The molecule has 1 amide bonds. The lowest BCUT2D eigenvalue weighted by molar-refractivity contribution is -0.142. The average molecular weight is 245 g/mol. The first-order valence-corrected chi connectivity index (χ1v) is 6.76. The van der Waals surface area contributed by atoms with Crippen molar-refractivity contribution in [2.45, 2.75) is 38.5 Å². The number of nitrogens with zero attached hydrogens (tertiary/aromatic N) is 1. The fraction of sp³-hybridized carbons (Fsp3) is 0.533. The number of hydrogen-bond acceptors (Lipinski definition) is 2. The molecule has 3 nitrogen and oxygen atoms in total. The van der Waals surface area contributed by atoms with Gasteiger partial charge < -0.3 is 9.64 Å². The lowest BCUT2D eigenvalue weighted by Crippen LogP contribution is -2.41. The summed E-state index contributed by atoms with van der Waals surface area (Å²) in [6.07, 6.45) is 3.24. The Balaban J connectivity index is 1.70. The Kier molecular flexibility index (Phi) is 3.08. The molecule has 1 saturated carbocycles. The summed E-state index contributed by atoms with van der Waals surface area (Å²) in [6.45, 7) is 2.67. The highest BCUT2D eigenvalue weighted by atomic mass is 16.5. The second kappa shape index (κ2) is 4.73. The third-order valence-electron chi connectivity index (χ3n) is 4.07. The Morgan fingerprint density at radius 2 is 2.00 bits per heavy atom. The highest BCUT2D eigenvalue weighted by Crippen LogP contribution is 2.34. The van der Waals surface area contributed by atoms with Crippen LogP contribution in [0.1, 0.15) is 37.9 Å². The minimum atomic E-state index is -0.0942. The smallest absolute Gasteiger partial charge is 0.227 e. The number of carbonyl (C=O) groups excluding carboxylic acids is 1. The van der Waals surface area contributed by atoms with Gasteiger partial charge in [0.15, 0.2) is 0 Å². The highest BCUT2D eigenvalue weighted by Gasteiger charge is 2.38. The predicted molar refractivity (Wildman–Crippen MR) is 68.8 cm³/mol. The summed E-state index contributed by atoms with van der Waals surface area (Å²) in [6, 6.07) is 10.2. The van der Waals surface area contributed by atoms with Gasteiger partial charge >= 0.3 is 0 Å². The van der Waals surface area contributed by atoms with Gasteiger partial charge in [0.05, 0.1) is 6.54 Å². The summed E-state index contributed by atoms with van der Waals surface area (Å²) in [4.78, 5) is 14.2. The van der Waals surface area contributed by atoms with Gasteiger partial charge in [-0.3, -0.25) is 4.79 Å². The maximum Gasteiger partial charge on any atom is 0.227 e. The van der Waals surface area contributed by atoms with Gasteiger partial charge in [-0.2, -0.15) is 0 Å². The summed E-state index contributed by atoms with van der Waals surface area (Å²) in [5, 5.41) is 0. The molecule has 1 aromatic rings. The van der Waals surface area contributed by atoms with E-state index in [1.165, 1.54) is 6.42 Å². The number of ether oxygens (including phenoxy) is 1. The predicted octanol–water partition coefficient (Wildman–Crippen LogP) is 2.73. The first kappa shape index (κ1) is 11.7. The molecule has 2 atom stereocenters. The normalized spacial score (nSPS) is 28.2. The van der Waals surface area contributed by atoms with Crippen molar-refractivity contribution in [1.29, 1.82) is 0 Å². The molecule has 2 fully saturated rings. The maximum atomic E-state index is 12.3. The first-order valence-electron chi connectivity index (χ1n) is 6.76. The van der Waals surface area contributed by atoms with E-state index in [9.17, 15) is 4.79 Å². The Morgan fingerprint density at radius 3 is 2.61 bits per heavy atom. The second-order valence-corrected chi connectivity index (χ2v) is 5.25. The van der Waals surface area contributed by atoms with Crippen molar-refractivity contribution in [3.05, 3.63) is 35.9 Å². The van der Waals surface area contributed by atoms with Gasteiger partial charge in [0.1, 0.15) is 12.3 Å². The van der Waals surface area contributed by atoms with Crippen molar-refractivity contribution >= 4 is 5.91 Å². The van der Waals surface area contributed by atoms with E-state index in [1.807, 2.05) is 30.0 Å². The number of amides is 1. The Bertz CT molecular complexity index is 427. The van der Waals surface area contributed by atoms with Crippen LogP contribution in [-0.4, -0.2) is 23.6 Å². The van der Waals surface area contributed by atoms with Crippen molar-refractivity contribution in [3.8, 4) is 0 Å². The second-order valence-electron chi connectivity index (χ2n) is 5.25. The van der Waals surface area contributed by atoms with Crippen LogP contribution < -0.4 is 0 Å². The van der Waals surface area contributed by atoms with Crippen molar-refractivity contribution in [3.63, 3.8) is 0 Å². The van der Waals surface area contributed by atoms with Gasteiger partial charge in [0.25, 0.3) is 0 Å². The van der Waals surface area contributed by atoms with Crippen molar-refractivity contribution in [2.75, 3.05) is 6.54 Å². The molecule has 1 saturated heterocycles. The van der Waals surface area contributed by atoms with Crippen LogP contribution >= 0.6 is 0 Å². The fourth-order valence-corrected chi connectivity index (χ4v) is 2.69. The lowest BCUT2D eigenvalue weighted by atomic mass is 9.84. The van der Waals surface area contributed by atoms with Gasteiger partial charge in [0.2, 0.25) is 5.91 Å². The molecule has 0 bridgehead atoms. The summed E-state index contributed by atoms with van der Waals surface area (Å²) in [5.74, 6) is 0.540. The number of carbonyl (C=O) groups is 1. The molecule has 1 aliphatic carbocycles. The molecule has 18 heavy (non-hydrogen) atoms. The molecule has 0 N–H and O–H groups in total. The minimum Gasteiger partial charge on any atom is -0.349 e. The molecule has 96 valence electrons. The van der Waals surface area contributed by atoms with Crippen molar-refractivity contribution < 1.29 is 9.53 Å². The summed E-state index contributed by atoms with van der Waals surface area (Å²) in [7, 11) is 0. The molecular weight excluding hydrogens is 226 g/mol. The Labute approximate surface area is 108 Å². The topological polar surface area (TPSA) is 29.5 Å². The molecule has 0 radical (unpaired) electrons. The minimum absolute atomic E-state index is 0.0326. The largest absolute Gasteiger partial charge is 0.349 e. The van der Waals surface area contributed by atoms with E-state index in [0.717, 1.165) is 18.4 Å². The zero-order chi connectivity index (χ0) is 12.5. The summed E-state index contributed by atoms with van der Waals surface area (Å²) < 4.78 is 5.90. The van der Waals surface area contributed by atoms with E-state index in [1.54, 1.807) is 0 Å². The fourth-order valence-electron chi connectivity index (χ4n) is 2.69. The monoisotopic (exact) mass is 245 g/mol. The van der Waals surface area contributed by atoms with E-state index in [4.69, 9.17) is 4.74 Å². The van der Waals surface area contributed by atoms with Crippen LogP contribution in [0.4, 0.5) is 0 Å². The number of benzene rings is 1. The first-order chi connectivity index (χ1) is 8.75. The lowest BCUT2D eigenvalue weighted by Gasteiger charge is -2.30. The maximum absolute atomic E-state index is 12.3. The average Bonchev–Trinajstić information content (AvgIpc) is 2.70. The Hall–Kier alpha value is -1.35. The van der Waals surface area contributed by atoms with E-state index in [-0.39, 0.29) is 24.2 Å². The summed E-state index contributed by atoms with van der Waals surface area (Å²) >= 11 is 0. The van der Waals surface area contributed by atoms with Gasteiger partial charge in [0, 0.05) is 5.92 Å². The number of hydrogen-bond donors (Lipinski definition) is 0. The molecule has 0 spiro atoms. The molecule has 1 heterocycles. The Morgan fingerprint density at radius 1 is 1.28 bits per heavy atom. The molecule has 2 aliphatic rings. The van der Waals surface area contributed by atoms with Crippen LogP contribution in [-0.2, 0) is 9.53 Å². The molecule has 0 aromatic heterocycles. The SMILES string of the molecule is CC1OC(c2ccccc2)CN1C(=O)C1CCC1. The zero-order valence-corrected chi connectivity index (χ0v) is 10.7. The highest BCUT2D eigenvalue weighted by molar-refractivity contribution is 5.80. The van der Waals surface area contributed by atoms with Gasteiger partial charge in [-0.1, -0.05) is 36.8 Å². The van der Waals surface area contributed by atoms with E-state index in [0.29, 0.717) is 6.54 Å². The third-order valence-corrected chi connectivity index (χ3v) is 4.07. The summed E-state index contributed by atoms with van der Waals surface area (Å²) in [5.41, 5.74) is 1.16. The van der Waals surface area contributed by atoms with Crippen LogP contribution in [0.25, 0.3) is 0 Å². The standard InChI is InChI=1S/C15H19NO2/c1-11-16(15(17)13-8-5-9-13)10-14(18-11)12-6-3-2-4-7-12/h2-4,6-7,11,13-14H,5,8-10H2,1H3. The third kappa shape index (κ3) is 2.03. The van der Waals surface area contributed by atoms with Crippen molar-refractivity contribution in [1.82, 2.24) is 4.90 Å². The van der Waals surface area contributed by atoms with Crippen LogP contribution in [0.3, 0.4) is 0 Å². The van der Waals surface area contributed by atoms with Gasteiger partial charge in [-0.15, -0.1) is 0 Å². The van der Waals surface area contributed by atoms with Crippen LogP contribution in [0.15, 0.2) is 30.3 Å². The van der Waals surface area contributed by atoms with Crippen LogP contribution in [0, 0.1) is 5.92 Å². The van der Waals surface area contributed by atoms with Gasteiger partial charge in [-0.25, -0.2) is 0 Å². The van der Waals surface area contributed by atoms with Crippen LogP contribution in [0.5, 0.6) is 0 Å². The number of rotatable bonds is 2. The van der Waals surface area contributed by atoms with E-state index < -0.39 is 0 Å². The quantitative estimate of drug-likeness (QED) is 0.801. The molecule has 1 aliphatic heterocycles. The van der Waals surface area contributed by atoms with E-state index >= 15 is 0 Å². The zero-order valence-electron chi connectivity index (χ0n) is 10.7. The molecule has 2 unspecified atom stereocenters. The molecule has 3 rings (SSSR count).